The first-order valence-electron chi connectivity index (χ1n) is 11.3. The van der Waals surface area contributed by atoms with Crippen LogP contribution in [0, 0.1) is 27.4 Å². The van der Waals surface area contributed by atoms with E-state index in [1.165, 1.54) is 4.90 Å². The molecule has 0 unspecified atom stereocenters. The van der Waals surface area contributed by atoms with Crippen LogP contribution in [-0.2, 0) is 19.1 Å². The average Bonchev–Trinajstić information content (AvgIpc) is 3.11. The van der Waals surface area contributed by atoms with Crippen LogP contribution in [0.5, 0.6) is 0 Å². The molecule has 8 heteroatoms. The molecule has 2 fully saturated rings. The van der Waals surface area contributed by atoms with Crippen LogP contribution >= 0.6 is 0 Å². The van der Waals surface area contributed by atoms with Crippen molar-refractivity contribution >= 4 is 17.7 Å². The number of likely N-dealkylation sites (tertiary alicyclic amines) is 1. The maximum absolute atomic E-state index is 13.8. The van der Waals surface area contributed by atoms with Crippen molar-refractivity contribution in [3.8, 4) is 0 Å². The third kappa shape index (κ3) is 4.54. The van der Waals surface area contributed by atoms with Gasteiger partial charge in [-0.05, 0) is 30.7 Å². The van der Waals surface area contributed by atoms with Crippen LogP contribution < -0.4 is 0 Å². The molecule has 3 rings (SSSR count). The Morgan fingerprint density at radius 3 is 2.41 bits per heavy atom. The third-order valence-corrected chi connectivity index (χ3v) is 6.63. The summed E-state index contributed by atoms with van der Waals surface area (Å²) < 4.78 is 5.33. The molecule has 8 nitrogen and oxygen atoms in total. The van der Waals surface area contributed by atoms with E-state index < -0.39 is 41.3 Å². The lowest BCUT2D eigenvalue weighted by molar-refractivity contribution is -0.536. The zero-order valence-electron chi connectivity index (χ0n) is 19.2. The Morgan fingerprint density at radius 2 is 1.88 bits per heavy atom. The second-order valence-electron chi connectivity index (χ2n) is 9.80. The number of hydrogen-bond acceptors (Lipinski definition) is 6. The lowest BCUT2D eigenvalue weighted by Gasteiger charge is -2.35. The van der Waals surface area contributed by atoms with Crippen molar-refractivity contribution in [1.82, 2.24) is 4.90 Å². The Morgan fingerprint density at radius 1 is 1.22 bits per heavy atom. The SMILES string of the molecule is CCOC(=O)[C@@H]1[C@@H](C(C)(C)C)[C@H]([N+](=O)[O-])[C@H](c2ccccc2)N1C(=O)[C@@H]1CCCC(=O)C1. The molecule has 0 aromatic heterocycles. The van der Waals surface area contributed by atoms with Crippen molar-refractivity contribution in [2.75, 3.05) is 6.61 Å². The number of esters is 1. The summed E-state index contributed by atoms with van der Waals surface area (Å²) in [7, 11) is 0. The van der Waals surface area contributed by atoms with Gasteiger partial charge < -0.3 is 9.64 Å². The van der Waals surface area contributed by atoms with Crippen LogP contribution in [0.25, 0.3) is 0 Å². The molecule has 1 heterocycles. The van der Waals surface area contributed by atoms with Crippen LogP contribution in [0.2, 0.25) is 0 Å². The van der Waals surface area contributed by atoms with E-state index in [9.17, 15) is 24.5 Å². The van der Waals surface area contributed by atoms with Gasteiger partial charge >= 0.3 is 5.97 Å². The molecule has 1 amide bonds. The fourth-order valence-corrected chi connectivity index (χ4v) is 5.34. The van der Waals surface area contributed by atoms with Crippen LogP contribution in [0.1, 0.15) is 65.0 Å². The molecule has 1 aromatic rings. The Kier molecular flexibility index (Phi) is 7.00. The van der Waals surface area contributed by atoms with Gasteiger partial charge in [0.2, 0.25) is 11.9 Å². The highest BCUT2D eigenvalue weighted by atomic mass is 16.6. The van der Waals surface area contributed by atoms with Crippen LogP contribution in [0.15, 0.2) is 30.3 Å². The summed E-state index contributed by atoms with van der Waals surface area (Å²) >= 11 is 0. The summed E-state index contributed by atoms with van der Waals surface area (Å²) in [5.41, 5.74) is -0.0506. The van der Waals surface area contributed by atoms with E-state index in [0.717, 1.165) is 0 Å². The summed E-state index contributed by atoms with van der Waals surface area (Å²) in [6.45, 7) is 7.32. The lowest BCUT2D eigenvalue weighted by atomic mass is 9.73. The fraction of sp³-hybridized carbons (Fsp3) is 0.625. The molecule has 0 spiro atoms. The van der Waals surface area contributed by atoms with Crippen LogP contribution in [0.4, 0.5) is 0 Å². The Labute approximate surface area is 188 Å². The number of rotatable bonds is 5. The second-order valence-corrected chi connectivity index (χ2v) is 9.80. The molecule has 0 N–H and O–H groups in total. The van der Waals surface area contributed by atoms with Gasteiger partial charge in [0, 0.05) is 23.7 Å². The number of nitrogens with zero attached hydrogens (tertiary/aromatic N) is 2. The maximum Gasteiger partial charge on any atom is 0.329 e. The number of ketones is 1. The minimum atomic E-state index is -1.19. The minimum Gasteiger partial charge on any atom is -0.464 e. The van der Waals surface area contributed by atoms with Gasteiger partial charge in [0.25, 0.3) is 0 Å². The molecule has 2 aliphatic rings. The van der Waals surface area contributed by atoms with Crippen LogP contribution in [-0.4, -0.2) is 46.2 Å². The third-order valence-electron chi connectivity index (χ3n) is 6.63. The number of benzene rings is 1. The Balaban J connectivity index is 2.19. The number of nitro groups is 1. The van der Waals surface area contributed by atoms with E-state index in [4.69, 9.17) is 4.74 Å². The highest BCUT2D eigenvalue weighted by molar-refractivity contribution is 5.91. The summed E-state index contributed by atoms with van der Waals surface area (Å²) in [6, 6.07) is 5.63. The van der Waals surface area contributed by atoms with Gasteiger partial charge in [-0.3, -0.25) is 19.7 Å². The number of carbonyl (C=O) groups excluding carboxylic acids is 3. The summed E-state index contributed by atoms with van der Waals surface area (Å²) in [5, 5.41) is 12.4. The van der Waals surface area contributed by atoms with Gasteiger partial charge in [-0.25, -0.2) is 4.79 Å². The van der Waals surface area contributed by atoms with Crippen LogP contribution in [0.3, 0.4) is 0 Å². The first kappa shape index (κ1) is 23.9. The second kappa shape index (κ2) is 9.38. The summed E-state index contributed by atoms with van der Waals surface area (Å²) in [4.78, 5) is 52.6. The molecule has 1 saturated heterocycles. The number of Topliss-reactive ketones (excluding diaryl/α,β-unsaturated/α-hetero) is 1. The van der Waals surface area contributed by atoms with E-state index in [1.807, 2.05) is 20.8 Å². The largest absolute Gasteiger partial charge is 0.464 e. The number of hydrogen-bond donors (Lipinski definition) is 0. The van der Waals surface area contributed by atoms with Crippen molar-refractivity contribution in [3.05, 3.63) is 46.0 Å². The molecule has 0 radical (unpaired) electrons. The molecule has 1 aromatic carbocycles. The minimum absolute atomic E-state index is 0.0101. The van der Waals surface area contributed by atoms with Gasteiger partial charge in [0.15, 0.2) is 0 Å². The fourth-order valence-electron chi connectivity index (χ4n) is 5.34. The quantitative estimate of drug-likeness (QED) is 0.390. The van der Waals surface area contributed by atoms with Crippen molar-refractivity contribution in [2.45, 2.75) is 71.5 Å². The first-order valence-corrected chi connectivity index (χ1v) is 11.3. The molecule has 1 saturated carbocycles. The van der Waals surface area contributed by atoms with E-state index >= 15 is 0 Å². The monoisotopic (exact) mass is 444 g/mol. The maximum atomic E-state index is 13.8. The van der Waals surface area contributed by atoms with Gasteiger partial charge in [-0.15, -0.1) is 0 Å². The summed E-state index contributed by atoms with van der Waals surface area (Å²) in [6.07, 6.45) is 1.68. The highest BCUT2D eigenvalue weighted by Crippen LogP contribution is 2.50. The zero-order valence-corrected chi connectivity index (χ0v) is 19.2. The topological polar surface area (TPSA) is 107 Å². The first-order chi connectivity index (χ1) is 15.1. The standard InChI is InChI=1S/C24H32N2O6/c1-5-32-23(29)21-18(24(2,3)4)20(26(30)31)19(15-10-7-6-8-11-15)25(21)22(28)16-12-9-13-17(27)14-16/h6-8,10-11,16,18-21H,5,9,12-14H2,1-4H3/t16-,18+,19+,20+,21+/m1/s1. The Hall–Kier alpha value is -2.77. The number of ether oxygens (including phenoxy) is 1. The van der Waals surface area contributed by atoms with Crippen molar-refractivity contribution in [2.24, 2.45) is 17.3 Å². The predicted octanol–water partition coefficient (Wildman–Crippen LogP) is 3.57. The molecule has 32 heavy (non-hydrogen) atoms. The van der Waals surface area contributed by atoms with E-state index in [0.29, 0.717) is 24.8 Å². The zero-order chi connectivity index (χ0) is 23.6. The van der Waals surface area contributed by atoms with E-state index in [-0.39, 0.29) is 29.6 Å². The highest BCUT2D eigenvalue weighted by Gasteiger charge is 2.64. The average molecular weight is 445 g/mol. The number of carbonyl (C=O) groups is 3. The molecule has 0 bridgehead atoms. The van der Waals surface area contributed by atoms with Crippen molar-refractivity contribution in [3.63, 3.8) is 0 Å². The molecular formula is C24H32N2O6. The van der Waals surface area contributed by atoms with E-state index in [1.54, 1.807) is 37.3 Å². The molecule has 174 valence electrons. The van der Waals surface area contributed by atoms with E-state index in [2.05, 4.69) is 0 Å². The Bertz CT molecular complexity index is 878. The summed E-state index contributed by atoms with van der Waals surface area (Å²) in [5.74, 6) is -2.33. The lowest BCUT2D eigenvalue weighted by Crippen LogP contribution is -2.50. The molecule has 5 atom stereocenters. The molecule has 1 aliphatic carbocycles. The van der Waals surface area contributed by atoms with Gasteiger partial charge in [0.1, 0.15) is 17.9 Å². The van der Waals surface area contributed by atoms with Crippen molar-refractivity contribution in [1.29, 1.82) is 0 Å². The van der Waals surface area contributed by atoms with Gasteiger partial charge in [0.05, 0.1) is 12.5 Å². The number of amides is 1. The van der Waals surface area contributed by atoms with Gasteiger partial charge in [-0.1, -0.05) is 51.1 Å². The molecular weight excluding hydrogens is 412 g/mol. The predicted molar refractivity (Wildman–Crippen MR) is 117 cm³/mol. The van der Waals surface area contributed by atoms with Gasteiger partial charge in [-0.2, -0.15) is 0 Å². The normalized spacial score (nSPS) is 28.4. The van der Waals surface area contributed by atoms with Crippen molar-refractivity contribution < 1.29 is 24.0 Å². The molecule has 1 aliphatic heterocycles. The smallest absolute Gasteiger partial charge is 0.329 e.